The summed E-state index contributed by atoms with van der Waals surface area (Å²) >= 11 is 0. The molecule has 9 nitrogen and oxygen atoms in total. The fraction of sp³-hybridized carbons (Fsp3) is 0.261. The molecule has 0 bridgehead atoms. The molecule has 32 heavy (non-hydrogen) atoms. The number of aliphatic hydroxyl groups is 1. The van der Waals surface area contributed by atoms with Crippen molar-refractivity contribution in [1.29, 1.82) is 0 Å². The van der Waals surface area contributed by atoms with Gasteiger partial charge in [-0.25, -0.2) is 15.0 Å². The lowest BCUT2D eigenvalue weighted by molar-refractivity contribution is -0.0781. The van der Waals surface area contributed by atoms with Crippen LogP contribution >= 0.6 is 0 Å². The lowest BCUT2D eigenvalue weighted by Gasteiger charge is -2.18. The summed E-state index contributed by atoms with van der Waals surface area (Å²) < 4.78 is 5.49. The van der Waals surface area contributed by atoms with Crippen molar-refractivity contribution in [2.24, 2.45) is 11.5 Å². The molecule has 1 aromatic carbocycles. The predicted molar refractivity (Wildman–Crippen MR) is 121 cm³/mol. The Kier molecular flexibility index (Phi) is 7.24. The van der Waals surface area contributed by atoms with Gasteiger partial charge in [0.1, 0.15) is 24.8 Å². The van der Waals surface area contributed by atoms with Crippen LogP contribution in [0.15, 0.2) is 55.2 Å². The molecule has 5 N–H and O–H groups in total. The largest absolute Gasteiger partial charge is 0.496 e. The zero-order valence-electron chi connectivity index (χ0n) is 18.1. The van der Waals surface area contributed by atoms with E-state index >= 15 is 0 Å². The van der Waals surface area contributed by atoms with Crippen LogP contribution in [0.5, 0.6) is 5.75 Å². The SMILES string of the molecule is C=C(N)/C=C\C(=C/N)c1c(CC)ncnc1-c1ccc(C(=O)N2CC(O)CO2)c(OC)c1. The predicted octanol–water partition coefficient (Wildman–Crippen LogP) is 1.79. The van der Waals surface area contributed by atoms with Gasteiger partial charge in [-0.15, -0.1) is 0 Å². The number of aliphatic hydroxyl groups excluding tert-OH is 1. The Bertz CT molecular complexity index is 1080. The van der Waals surface area contributed by atoms with Crippen LogP contribution in [-0.4, -0.2) is 52.4 Å². The first-order valence-corrected chi connectivity index (χ1v) is 10.1. The van der Waals surface area contributed by atoms with Gasteiger partial charge in [-0.3, -0.25) is 9.63 Å². The van der Waals surface area contributed by atoms with E-state index in [2.05, 4.69) is 16.5 Å². The molecule has 1 aliphatic rings. The molecule has 2 aromatic rings. The van der Waals surface area contributed by atoms with E-state index < -0.39 is 12.0 Å². The van der Waals surface area contributed by atoms with Crippen molar-refractivity contribution in [3.63, 3.8) is 0 Å². The van der Waals surface area contributed by atoms with Crippen LogP contribution < -0.4 is 16.2 Å². The minimum absolute atomic E-state index is 0.0766. The molecule has 1 aliphatic heterocycles. The Labute approximate surface area is 186 Å². The van der Waals surface area contributed by atoms with Crippen LogP contribution in [-0.2, 0) is 11.3 Å². The van der Waals surface area contributed by atoms with Gasteiger partial charge in [0.25, 0.3) is 5.91 Å². The molecule has 0 saturated carbocycles. The summed E-state index contributed by atoms with van der Waals surface area (Å²) in [5.41, 5.74) is 15.9. The fourth-order valence-corrected chi connectivity index (χ4v) is 3.40. The summed E-state index contributed by atoms with van der Waals surface area (Å²) in [5, 5.41) is 10.8. The second-order valence-corrected chi connectivity index (χ2v) is 7.16. The minimum Gasteiger partial charge on any atom is -0.496 e. The van der Waals surface area contributed by atoms with E-state index in [9.17, 15) is 9.90 Å². The molecule has 1 aromatic heterocycles. The van der Waals surface area contributed by atoms with Gasteiger partial charge < -0.3 is 21.3 Å². The normalized spacial score (nSPS) is 16.5. The van der Waals surface area contributed by atoms with Crippen molar-refractivity contribution in [1.82, 2.24) is 15.0 Å². The number of aryl methyl sites for hydroxylation is 1. The second-order valence-electron chi connectivity index (χ2n) is 7.16. The number of hydrogen-bond acceptors (Lipinski definition) is 8. The first-order valence-electron chi connectivity index (χ1n) is 10.1. The number of carbonyl (C=O) groups excluding carboxylic acids is 1. The number of rotatable bonds is 7. The summed E-state index contributed by atoms with van der Waals surface area (Å²) in [6.45, 7) is 5.84. The van der Waals surface area contributed by atoms with Gasteiger partial charge in [0.05, 0.1) is 30.6 Å². The van der Waals surface area contributed by atoms with Gasteiger partial charge in [0, 0.05) is 28.6 Å². The molecule has 1 fully saturated rings. The van der Waals surface area contributed by atoms with Gasteiger partial charge >= 0.3 is 0 Å². The maximum absolute atomic E-state index is 12.8. The smallest absolute Gasteiger partial charge is 0.281 e. The third kappa shape index (κ3) is 4.79. The highest BCUT2D eigenvalue weighted by Gasteiger charge is 2.29. The topological polar surface area (TPSA) is 137 Å². The number of aromatic nitrogens is 2. The molecule has 0 spiro atoms. The number of nitrogens with zero attached hydrogens (tertiary/aromatic N) is 3. The molecule has 9 heteroatoms. The third-order valence-corrected chi connectivity index (χ3v) is 4.94. The second kappa shape index (κ2) is 10.1. The van der Waals surface area contributed by atoms with E-state index in [0.717, 1.165) is 16.3 Å². The number of hydrogen-bond donors (Lipinski definition) is 3. The Balaban J connectivity index is 2.08. The summed E-state index contributed by atoms with van der Waals surface area (Å²) in [5.74, 6) is -0.0432. The molecule has 2 heterocycles. The standard InChI is InChI=1S/C23H27N5O4/c1-4-19-21(16(10-24)6-5-14(2)25)22(27-13-26-19)15-7-8-18(20(9-15)31-3)23(30)28-11-17(29)12-32-28/h5-10,13,17,29H,2,4,11-12,24-25H2,1,3H3/b6-5-,16-10+. The van der Waals surface area contributed by atoms with Crippen molar-refractivity contribution in [2.45, 2.75) is 19.4 Å². The molecule has 1 unspecified atom stereocenters. The molecule has 0 aliphatic carbocycles. The van der Waals surface area contributed by atoms with E-state index in [1.54, 1.807) is 30.4 Å². The highest BCUT2D eigenvalue weighted by Crippen LogP contribution is 2.33. The van der Waals surface area contributed by atoms with Crippen LogP contribution in [0.4, 0.5) is 0 Å². The number of methoxy groups -OCH3 is 1. The third-order valence-electron chi connectivity index (χ3n) is 4.94. The average molecular weight is 438 g/mol. The van der Waals surface area contributed by atoms with E-state index in [1.165, 1.54) is 19.6 Å². The number of nitrogens with two attached hydrogens (primary N) is 2. The monoisotopic (exact) mass is 437 g/mol. The summed E-state index contributed by atoms with van der Waals surface area (Å²) in [6.07, 6.45) is 6.31. The number of carbonyl (C=O) groups is 1. The maximum Gasteiger partial charge on any atom is 0.281 e. The summed E-state index contributed by atoms with van der Waals surface area (Å²) in [6, 6.07) is 5.14. The number of hydroxylamine groups is 2. The zero-order chi connectivity index (χ0) is 23.3. The lowest BCUT2D eigenvalue weighted by Crippen LogP contribution is -2.28. The quantitative estimate of drug-likeness (QED) is 0.558. The van der Waals surface area contributed by atoms with E-state index in [1.807, 2.05) is 6.92 Å². The molecular weight excluding hydrogens is 410 g/mol. The maximum atomic E-state index is 12.8. The number of allylic oxidation sites excluding steroid dienone is 3. The van der Waals surface area contributed by atoms with Gasteiger partial charge in [0.15, 0.2) is 0 Å². The Morgan fingerprint density at radius 2 is 2.19 bits per heavy atom. The molecule has 1 amide bonds. The molecular formula is C23H27N5O4. The zero-order valence-corrected chi connectivity index (χ0v) is 18.1. The van der Waals surface area contributed by atoms with E-state index in [0.29, 0.717) is 40.3 Å². The van der Waals surface area contributed by atoms with Crippen LogP contribution in [0.1, 0.15) is 28.5 Å². The van der Waals surface area contributed by atoms with E-state index in [-0.39, 0.29) is 13.2 Å². The van der Waals surface area contributed by atoms with Gasteiger partial charge in [0.2, 0.25) is 0 Å². The number of β-amino-alcohol motifs (C(OH)–C–C–N with tert-alkyl or cyclic N) is 1. The highest BCUT2D eigenvalue weighted by atomic mass is 16.7. The Morgan fingerprint density at radius 3 is 2.78 bits per heavy atom. The molecule has 1 saturated heterocycles. The summed E-state index contributed by atoms with van der Waals surface area (Å²) in [4.78, 5) is 27.0. The fourth-order valence-electron chi connectivity index (χ4n) is 3.40. The molecule has 168 valence electrons. The number of amides is 1. The van der Waals surface area contributed by atoms with E-state index in [4.69, 9.17) is 21.0 Å². The van der Waals surface area contributed by atoms with Crippen molar-refractivity contribution in [3.05, 3.63) is 72.0 Å². The molecule has 0 radical (unpaired) electrons. The van der Waals surface area contributed by atoms with Crippen molar-refractivity contribution in [3.8, 4) is 17.0 Å². The number of benzene rings is 1. The molecule has 3 rings (SSSR count). The van der Waals surface area contributed by atoms with Gasteiger partial charge in [-0.2, -0.15) is 0 Å². The molecule has 1 atom stereocenters. The average Bonchev–Trinajstić information content (AvgIpc) is 3.24. The first kappa shape index (κ1) is 23.0. The summed E-state index contributed by atoms with van der Waals surface area (Å²) in [7, 11) is 1.48. The minimum atomic E-state index is -0.709. The van der Waals surface area contributed by atoms with Crippen LogP contribution in [0.25, 0.3) is 16.8 Å². The highest BCUT2D eigenvalue weighted by molar-refractivity contribution is 5.97. The number of ether oxygens (including phenoxy) is 1. The Morgan fingerprint density at radius 1 is 1.41 bits per heavy atom. The van der Waals surface area contributed by atoms with Gasteiger partial charge in [-0.1, -0.05) is 25.6 Å². The van der Waals surface area contributed by atoms with Crippen molar-refractivity contribution >= 4 is 11.5 Å². The van der Waals surface area contributed by atoms with Crippen LogP contribution in [0.3, 0.4) is 0 Å². The lowest BCUT2D eigenvalue weighted by atomic mass is 9.95. The Hall–Kier alpha value is -3.69. The first-order chi connectivity index (χ1) is 15.4. The van der Waals surface area contributed by atoms with Crippen molar-refractivity contribution in [2.75, 3.05) is 20.3 Å². The van der Waals surface area contributed by atoms with Gasteiger partial charge in [-0.05, 0) is 24.6 Å². The van der Waals surface area contributed by atoms with Crippen LogP contribution in [0.2, 0.25) is 0 Å². The van der Waals surface area contributed by atoms with Crippen LogP contribution in [0, 0.1) is 0 Å². The van der Waals surface area contributed by atoms with Crippen molar-refractivity contribution < 1.29 is 19.5 Å².